The highest BCUT2D eigenvalue weighted by Crippen LogP contribution is 2.25. The van der Waals surface area contributed by atoms with Crippen LogP contribution in [0.3, 0.4) is 0 Å². The molecule has 0 aromatic heterocycles. The molecule has 1 unspecified atom stereocenters. The van der Waals surface area contributed by atoms with Crippen LogP contribution in [0.4, 0.5) is 0 Å². The second kappa shape index (κ2) is 6.41. The molecule has 1 atom stereocenters. The maximum absolute atomic E-state index is 11.3. The van der Waals surface area contributed by atoms with Gasteiger partial charge in [-0.15, -0.1) is 0 Å². The average molecular weight is 290 g/mol. The van der Waals surface area contributed by atoms with Crippen molar-refractivity contribution in [3.05, 3.63) is 33.8 Å². The van der Waals surface area contributed by atoms with E-state index in [1.807, 2.05) is 6.92 Å². The first-order valence-electron chi connectivity index (χ1n) is 5.82. The summed E-state index contributed by atoms with van der Waals surface area (Å²) in [7, 11) is 0. The number of hydrogen-bond acceptors (Lipinski definition) is 2. The Morgan fingerprint density at radius 2 is 1.94 bits per heavy atom. The number of aliphatic carboxylic acids is 1. The van der Waals surface area contributed by atoms with Crippen molar-refractivity contribution < 1.29 is 9.90 Å². The van der Waals surface area contributed by atoms with Crippen LogP contribution in [-0.2, 0) is 11.3 Å². The van der Waals surface area contributed by atoms with Crippen LogP contribution in [0.1, 0.15) is 32.3 Å². The summed E-state index contributed by atoms with van der Waals surface area (Å²) in [5, 5.41) is 13.4. The summed E-state index contributed by atoms with van der Waals surface area (Å²) in [6.07, 6.45) is 1.33. The Morgan fingerprint density at radius 1 is 1.39 bits per heavy atom. The zero-order valence-electron chi connectivity index (χ0n) is 10.5. The molecular weight excluding hydrogens is 273 g/mol. The molecular formula is C13H17Cl2NO2. The van der Waals surface area contributed by atoms with Gasteiger partial charge >= 0.3 is 5.97 Å². The van der Waals surface area contributed by atoms with E-state index in [2.05, 4.69) is 5.32 Å². The minimum Gasteiger partial charge on any atom is -0.480 e. The number of nitrogens with one attached hydrogen (secondary N) is 1. The SMILES string of the molecule is CCCC(C)(NCc1c(Cl)cccc1Cl)C(=O)O. The van der Waals surface area contributed by atoms with Gasteiger partial charge in [0.1, 0.15) is 5.54 Å². The molecule has 5 heteroatoms. The molecule has 0 heterocycles. The number of hydrogen-bond donors (Lipinski definition) is 2. The van der Waals surface area contributed by atoms with Gasteiger partial charge in [-0.25, -0.2) is 0 Å². The lowest BCUT2D eigenvalue weighted by molar-refractivity contribution is -0.144. The second-order valence-corrected chi connectivity index (χ2v) is 5.26. The van der Waals surface area contributed by atoms with Crippen LogP contribution in [0, 0.1) is 0 Å². The van der Waals surface area contributed by atoms with Crippen LogP contribution in [0.5, 0.6) is 0 Å². The Morgan fingerprint density at radius 3 is 2.39 bits per heavy atom. The van der Waals surface area contributed by atoms with E-state index in [-0.39, 0.29) is 0 Å². The van der Waals surface area contributed by atoms with Crippen molar-refractivity contribution in [2.45, 2.75) is 38.8 Å². The normalized spacial score (nSPS) is 14.2. The molecule has 0 amide bonds. The standard InChI is InChI=1S/C13H17Cl2NO2/c1-3-7-13(2,12(17)18)16-8-9-10(14)5-4-6-11(9)15/h4-6,16H,3,7-8H2,1-2H3,(H,17,18). The van der Waals surface area contributed by atoms with Crippen molar-refractivity contribution in [2.75, 3.05) is 0 Å². The summed E-state index contributed by atoms with van der Waals surface area (Å²) >= 11 is 12.1. The fourth-order valence-corrected chi connectivity index (χ4v) is 2.29. The number of carboxylic acid groups (broad SMARTS) is 1. The van der Waals surface area contributed by atoms with E-state index in [4.69, 9.17) is 23.2 Å². The van der Waals surface area contributed by atoms with Gasteiger partial charge in [-0.2, -0.15) is 0 Å². The molecule has 0 bridgehead atoms. The number of carbonyl (C=O) groups is 1. The number of benzene rings is 1. The van der Waals surface area contributed by atoms with Crippen molar-refractivity contribution in [1.82, 2.24) is 5.32 Å². The van der Waals surface area contributed by atoms with Gasteiger partial charge in [0.2, 0.25) is 0 Å². The Bertz CT molecular complexity index is 417. The maximum Gasteiger partial charge on any atom is 0.323 e. The van der Waals surface area contributed by atoms with Crippen LogP contribution >= 0.6 is 23.2 Å². The molecule has 0 aliphatic carbocycles. The quantitative estimate of drug-likeness (QED) is 0.839. The van der Waals surface area contributed by atoms with Gasteiger partial charge in [0.05, 0.1) is 0 Å². The first-order valence-corrected chi connectivity index (χ1v) is 6.57. The number of halogens is 2. The fourth-order valence-electron chi connectivity index (χ4n) is 1.76. The highest BCUT2D eigenvalue weighted by molar-refractivity contribution is 6.35. The van der Waals surface area contributed by atoms with E-state index in [0.29, 0.717) is 23.0 Å². The molecule has 100 valence electrons. The summed E-state index contributed by atoms with van der Waals surface area (Å²) in [5.74, 6) is -0.868. The van der Waals surface area contributed by atoms with Crippen LogP contribution in [0.2, 0.25) is 10.0 Å². The fraction of sp³-hybridized carbons (Fsp3) is 0.462. The molecule has 0 spiro atoms. The highest BCUT2D eigenvalue weighted by Gasteiger charge is 2.31. The van der Waals surface area contributed by atoms with E-state index >= 15 is 0 Å². The third-order valence-electron chi connectivity index (χ3n) is 2.94. The lowest BCUT2D eigenvalue weighted by Crippen LogP contribution is -2.49. The first kappa shape index (κ1) is 15.3. The van der Waals surface area contributed by atoms with Crippen molar-refractivity contribution in [2.24, 2.45) is 0 Å². The van der Waals surface area contributed by atoms with Gasteiger partial charge in [-0.3, -0.25) is 10.1 Å². The summed E-state index contributed by atoms with van der Waals surface area (Å²) in [5.41, 5.74) is -0.235. The zero-order chi connectivity index (χ0) is 13.8. The molecule has 0 radical (unpaired) electrons. The van der Waals surface area contributed by atoms with Crippen molar-refractivity contribution >= 4 is 29.2 Å². The molecule has 0 saturated carbocycles. The molecule has 18 heavy (non-hydrogen) atoms. The van der Waals surface area contributed by atoms with Gasteiger partial charge in [0.15, 0.2) is 0 Å². The third kappa shape index (κ3) is 3.61. The predicted molar refractivity (Wildman–Crippen MR) is 74.3 cm³/mol. The molecule has 0 aliphatic rings. The summed E-state index contributed by atoms with van der Waals surface area (Å²) in [6, 6.07) is 5.24. The zero-order valence-corrected chi connectivity index (χ0v) is 12.0. The maximum atomic E-state index is 11.3. The largest absolute Gasteiger partial charge is 0.480 e. The van der Waals surface area contributed by atoms with Crippen molar-refractivity contribution in [3.8, 4) is 0 Å². The predicted octanol–water partition coefficient (Wildman–Crippen LogP) is 3.73. The molecule has 3 nitrogen and oxygen atoms in total. The van der Waals surface area contributed by atoms with Crippen molar-refractivity contribution in [1.29, 1.82) is 0 Å². The van der Waals surface area contributed by atoms with Gasteiger partial charge in [0.25, 0.3) is 0 Å². The van der Waals surface area contributed by atoms with E-state index in [1.54, 1.807) is 25.1 Å². The molecule has 1 rings (SSSR count). The van der Waals surface area contributed by atoms with Gasteiger partial charge < -0.3 is 5.11 Å². The third-order valence-corrected chi connectivity index (χ3v) is 3.65. The molecule has 0 fully saturated rings. The summed E-state index contributed by atoms with van der Waals surface area (Å²) in [4.78, 5) is 11.3. The topological polar surface area (TPSA) is 49.3 Å². The molecule has 0 saturated heterocycles. The van der Waals surface area contributed by atoms with E-state index in [1.165, 1.54) is 0 Å². The lowest BCUT2D eigenvalue weighted by atomic mass is 9.96. The van der Waals surface area contributed by atoms with Crippen LogP contribution in [-0.4, -0.2) is 16.6 Å². The number of carboxylic acids is 1. The Kier molecular flexibility index (Phi) is 5.45. The first-order chi connectivity index (χ1) is 8.40. The van der Waals surface area contributed by atoms with Gasteiger partial charge in [-0.05, 0) is 25.5 Å². The summed E-state index contributed by atoms with van der Waals surface area (Å²) in [6.45, 7) is 3.95. The monoisotopic (exact) mass is 289 g/mol. The number of rotatable bonds is 6. The molecule has 1 aromatic rings. The Labute approximate surface area is 117 Å². The molecule has 0 aliphatic heterocycles. The van der Waals surface area contributed by atoms with Crippen LogP contribution in [0.25, 0.3) is 0 Å². The minimum absolute atomic E-state index is 0.335. The minimum atomic E-state index is -0.961. The highest BCUT2D eigenvalue weighted by atomic mass is 35.5. The Balaban J connectivity index is 2.83. The van der Waals surface area contributed by atoms with E-state index < -0.39 is 11.5 Å². The second-order valence-electron chi connectivity index (χ2n) is 4.44. The smallest absolute Gasteiger partial charge is 0.323 e. The molecule has 2 N–H and O–H groups in total. The van der Waals surface area contributed by atoms with Gasteiger partial charge in [0, 0.05) is 22.2 Å². The van der Waals surface area contributed by atoms with E-state index in [0.717, 1.165) is 12.0 Å². The summed E-state index contributed by atoms with van der Waals surface area (Å²) < 4.78 is 0. The van der Waals surface area contributed by atoms with Crippen LogP contribution in [0.15, 0.2) is 18.2 Å². The van der Waals surface area contributed by atoms with Crippen LogP contribution < -0.4 is 5.32 Å². The van der Waals surface area contributed by atoms with E-state index in [9.17, 15) is 9.90 Å². The lowest BCUT2D eigenvalue weighted by Gasteiger charge is -2.26. The van der Waals surface area contributed by atoms with Crippen molar-refractivity contribution in [3.63, 3.8) is 0 Å². The molecule has 1 aromatic carbocycles. The average Bonchev–Trinajstić information content (AvgIpc) is 2.28. The Hall–Kier alpha value is -0.770. The van der Waals surface area contributed by atoms with Gasteiger partial charge in [-0.1, -0.05) is 42.6 Å².